The summed E-state index contributed by atoms with van der Waals surface area (Å²) in [7, 11) is 5.25. The van der Waals surface area contributed by atoms with Gasteiger partial charge in [-0.2, -0.15) is 0 Å². The van der Waals surface area contributed by atoms with Crippen molar-refractivity contribution in [3.05, 3.63) is 149 Å². The number of amides is 3. The molecule has 330 valence electrons. The SMILES string of the molecule is CN(Cc1c2ccccc2c(CN(C)C(=O)c2cncc(C(=O)N(C)Cc3c4ccccc4c(CNCC(=O)OC(C)(C)C)c4ccccc34)c2)c2ccccc12)C(=O)OC(C)(C)C. The molecule has 0 radical (unpaired) electrons. The molecule has 6 aromatic carbocycles. The Labute approximate surface area is 374 Å². The number of aromatic nitrogens is 1. The first kappa shape index (κ1) is 45.2. The van der Waals surface area contributed by atoms with Gasteiger partial charge in [-0.1, -0.05) is 97.1 Å². The van der Waals surface area contributed by atoms with Crippen LogP contribution in [0.2, 0.25) is 0 Å². The second-order valence-electron chi connectivity index (χ2n) is 18.4. The fourth-order valence-corrected chi connectivity index (χ4v) is 8.36. The summed E-state index contributed by atoms with van der Waals surface area (Å²) in [6.45, 7) is 12.5. The Kier molecular flexibility index (Phi) is 13.0. The van der Waals surface area contributed by atoms with E-state index in [4.69, 9.17) is 9.47 Å². The molecule has 0 atom stereocenters. The van der Waals surface area contributed by atoms with Gasteiger partial charge in [0.05, 0.1) is 17.7 Å². The zero-order valence-electron chi connectivity index (χ0n) is 38.2. The van der Waals surface area contributed by atoms with Gasteiger partial charge in [0, 0.05) is 59.7 Å². The number of hydrogen-bond donors (Lipinski definition) is 1. The molecular formula is C53H57N5O6. The van der Waals surface area contributed by atoms with Crippen LogP contribution < -0.4 is 5.32 Å². The second-order valence-corrected chi connectivity index (χ2v) is 18.4. The first-order valence-corrected chi connectivity index (χ1v) is 21.5. The normalized spacial score (nSPS) is 11.8. The maximum absolute atomic E-state index is 14.2. The zero-order chi connectivity index (χ0) is 45.9. The van der Waals surface area contributed by atoms with Gasteiger partial charge in [-0.15, -0.1) is 0 Å². The molecule has 1 heterocycles. The lowest BCUT2D eigenvalue weighted by atomic mass is 9.91. The Morgan fingerprint density at radius 3 is 1.17 bits per heavy atom. The first-order chi connectivity index (χ1) is 30.4. The Morgan fingerprint density at radius 1 is 0.500 bits per heavy atom. The summed E-state index contributed by atoms with van der Waals surface area (Å²) >= 11 is 0. The molecule has 7 rings (SSSR count). The highest BCUT2D eigenvalue weighted by atomic mass is 16.6. The lowest BCUT2D eigenvalue weighted by Gasteiger charge is -2.26. The molecular weight excluding hydrogens is 803 g/mol. The minimum absolute atomic E-state index is 0.0714. The Hall–Kier alpha value is -6.85. The summed E-state index contributed by atoms with van der Waals surface area (Å²) in [4.78, 5) is 63.3. The molecule has 1 N–H and O–H groups in total. The van der Waals surface area contributed by atoms with Gasteiger partial charge in [-0.05, 0) is 113 Å². The largest absolute Gasteiger partial charge is 0.459 e. The van der Waals surface area contributed by atoms with E-state index in [9.17, 15) is 19.2 Å². The minimum atomic E-state index is -0.626. The number of pyridine rings is 1. The third kappa shape index (κ3) is 10.0. The average Bonchev–Trinajstić information content (AvgIpc) is 3.26. The molecule has 0 bridgehead atoms. The molecule has 0 fully saturated rings. The van der Waals surface area contributed by atoms with E-state index in [0.717, 1.165) is 65.3 Å². The monoisotopic (exact) mass is 859 g/mol. The Morgan fingerprint density at radius 2 is 0.828 bits per heavy atom. The van der Waals surface area contributed by atoms with E-state index in [2.05, 4.69) is 34.6 Å². The van der Waals surface area contributed by atoms with Crippen molar-refractivity contribution in [2.75, 3.05) is 27.7 Å². The highest BCUT2D eigenvalue weighted by molar-refractivity contribution is 6.08. The smallest absolute Gasteiger partial charge is 0.410 e. The summed E-state index contributed by atoms with van der Waals surface area (Å²) in [5, 5.41) is 11.2. The lowest BCUT2D eigenvalue weighted by molar-refractivity contribution is -0.153. The first-order valence-electron chi connectivity index (χ1n) is 21.5. The Balaban J connectivity index is 1.13. The number of esters is 1. The molecule has 1 aromatic heterocycles. The van der Waals surface area contributed by atoms with E-state index in [-0.39, 0.29) is 30.9 Å². The molecule has 0 saturated carbocycles. The van der Waals surface area contributed by atoms with Gasteiger partial charge in [0.1, 0.15) is 11.2 Å². The van der Waals surface area contributed by atoms with E-state index >= 15 is 0 Å². The van der Waals surface area contributed by atoms with E-state index in [0.29, 0.717) is 30.8 Å². The van der Waals surface area contributed by atoms with Crippen molar-refractivity contribution in [2.45, 2.75) is 78.9 Å². The van der Waals surface area contributed by atoms with Gasteiger partial charge in [-0.3, -0.25) is 19.4 Å². The van der Waals surface area contributed by atoms with Crippen molar-refractivity contribution in [2.24, 2.45) is 0 Å². The number of carbonyl (C=O) groups excluding carboxylic acids is 4. The topological polar surface area (TPSA) is 121 Å². The number of nitrogens with zero attached hydrogens (tertiary/aromatic N) is 4. The van der Waals surface area contributed by atoms with Crippen LogP contribution in [0.5, 0.6) is 0 Å². The van der Waals surface area contributed by atoms with Gasteiger partial charge in [0.25, 0.3) is 11.8 Å². The maximum atomic E-state index is 14.2. The quantitative estimate of drug-likeness (QED) is 0.0953. The predicted octanol–water partition coefficient (Wildman–Crippen LogP) is 10.0. The van der Waals surface area contributed by atoms with Crippen LogP contribution >= 0.6 is 0 Å². The highest BCUT2D eigenvalue weighted by Crippen LogP contribution is 2.36. The number of carbonyl (C=O) groups is 4. The zero-order valence-corrected chi connectivity index (χ0v) is 38.2. The summed E-state index contributed by atoms with van der Waals surface area (Å²) in [5.41, 5.74) is 3.39. The number of hydrogen-bond acceptors (Lipinski definition) is 8. The van der Waals surface area contributed by atoms with Crippen LogP contribution in [-0.2, 0) is 40.4 Å². The Bertz CT molecular complexity index is 2800. The predicted molar refractivity (Wildman–Crippen MR) is 254 cm³/mol. The third-order valence-electron chi connectivity index (χ3n) is 11.1. The summed E-state index contributed by atoms with van der Waals surface area (Å²) < 4.78 is 11.2. The van der Waals surface area contributed by atoms with Gasteiger partial charge in [0.15, 0.2) is 0 Å². The molecule has 11 nitrogen and oxygen atoms in total. The molecule has 7 aromatic rings. The summed E-state index contributed by atoms with van der Waals surface area (Å²) in [6.07, 6.45) is 2.59. The van der Waals surface area contributed by atoms with Gasteiger partial charge in [-0.25, -0.2) is 4.79 Å². The third-order valence-corrected chi connectivity index (χ3v) is 11.1. The molecule has 64 heavy (non-hydrogen) atoms. The van der Waals surface area contributed by atoms with Crippen molar-refractivity contribution < 1.29 is 28.7 Å². The summed E-state index contributed by atoms with van der Waals surface area (Å²) in [5.74, 6) is -0.871. The van der Waals surface area contributed by atoms with Crippen LogP contribution in [0, 0.1) is 0 Å². The number of fused-ring (bicyclic) bond motifs is 4. The maximum Gasteiger partial charge on any atom is 0.410 e. The fraction of sp³-hybridized carbons (Fsp3) is 0.302. The molecule has 0 aliphatic heterocycles. The highest BCUT2D eigenvalue weighted by Gasteiger charge is 2.25. The van der Waals surface area contributed by atoms with Crippen molar-refractivity contribution in [3.63, 3.8) is 0 Å². The average molecular weight is 860 g/mol. The molecule has 3 amide bonds. The van der Waals surface area contributed by atoms with Crippen molar-refractivity contribution in [3.8, 4) is 0 Å². The van der Waals surface area contributed by atoms with E-state index < -0.39 is 17.3 Å². The lowest BCUT2D eigenvalue weighted by Crippen LogP contribution is -2.34. The fourth-order valence-electron chi connectivity index (χ4n) is 8.36. The number of ether oxygens (including phenoxy) is 2. The molecule has 0 saturated heterocycles. The molecule has 0 unspecified atom stereocenters. The van der Waals surface area contributed by atoms with Crippen LogP contribution in [0.3, 0.4) is 0 Å². The number of benzene rings is 6. The van der Waals surface area contributed by atoms with Crippen LogP contribution in [-0.4, -0.2) is 82.5 Å². The molecule has 0 aliphatic rings. The van der Waals surface area contributed by atoms with Crippen LogP contribution in [0.15, 0.2) is 116 Å². The molecule has 0 aliphatic carbocycles. The van der Waals surface area contributed by atoms with Crippen LogP contribution in [0.25, 0.3) is 43.1 Å². The molecule has 0 spiro atoms. The second kappa shape index (κ2) is 18.5. The minimum Gasteiger partial charge on any atom is -0.459 e. The van der Waals surface area contributed by atoms with E-state index in [1.54, 1.807) is 41.9 Å². The molecule has 11 heteroatoms. The van der Waals surface area contributed by atoms with Crippen LogP contribution in [0.1, 0.15) is 84.5 Å². The van der Waals surface area contributed by atoms with E-state index in [1.807, 2.05) is 114 Å². The summed E-state index contributed by atoms with van der Waals surface area (Å²) in [6, 6.07) is 33.9. The van der Waals surface area contributed by atoms with Gasteiger partial charge >= 0.3 is 12.1 Å². The van der Waals surface area contributed by atoms with Crippen molar-refractivity contribution in [1.29, 1.82) is 0 Å². The van der Waals surface area contributed by atoms with Gasteiger partial charge < -0.3 is 29.5 Å². The number of nitrogens with one attached hydrogen (secondary N) is 1. The van der Waals surface area contributed by atoms with Gasteiger partial charge in [0.2, 0.25) is 0 Å². The van der Waals surface area contributed by atoms with Crippen LogP contribution in [0.4, 0.5) is 4.79 Å². The number of rotatable bonds is 12. The van der Waals surface area contributed by atoms with E-state index in [1.165, 1.54) is 12.4 Å². The standard InChI is InChI=1S/C53H57N5O6/c1-52(2,3)63-48(59)30-55-29-44-36-18-10-12-20-38(36)45(39-21-13-11-19-37(39)44)31-56(7)49(60)34-26-35(28-54-27-34)50(61)57(8)32-46-40-22-14-16-24-42(40)47(43-25-17-15-23-41(43)46)33-58(9)51(62)64-53(4,5)6/h10-28,55H,29-33H2,1-9H3. The van der Waals surface area contributed by atoms with Crippen molar-refractivity contribution >= 4 is 67.0 Å². The van der Waals surface area contributed by atoms with Crippen molar-refractivity contribution in [1.82, 2.24) is 25.0 Å².